The number of thiazole rings is 1. The molecule has 3 heterocycles. The lowest BCUT2D eigenvalue weighted by Crippen LogP contribution is -2.32. The summed E-state index contributed by atoms with van der Waals surface area (Å²) >= 11 is 2.01. The zero-order valence-electron chi connectivity index (χ0n) is 25.7. The average Bonchev–Trinajstić information content (AvgIpc) is 3.57. The predicted octanol–water partition coefficient (Wildman–Crippen LogP) is 5.45. The van der Waals surface area contributed by atoms with Crippen molar-refractivity contribution < 1.29 is 46.6 Å². The maximum atomic E-state index is 14.1. The second kappa shape index (κ2) is 13.4. The Morgan fingerprint density at radius 2 is 1.71 bits per heavy atom. The van der Waals surface area contributed by atoms with Gasteiger partial charge in [0.25, 0.3) is 5.91 Å². The molecular formula is C33H26F3N3O8S2. The van der Waals surface area contributed by atoms with Crippen molar-refractivity contribution in [3.8, 4) is 11.5 Å². The Bertz CT molecular complexity index is 2010. The number of carbonyl (C=O) groups is 4. The highest BCUT2D eigenvalue weighted by molar-refractivity contribution is 8.00. The second-order valence-corrected chi connectivity index (χ2v) is 13.0. The van der Waals surface area contributed by atoms with E-state index in [0.717, 1.165) is 40.1 Å². The van der Waals surface area contributed by atoms with Crippen LogP contribution in [-0.2, 0) is 25.3 Å². The number of nitrogens with one attached hydrogen (secondary N) is 2. The molecule has 2 unspecified atom stereocenters. The largest absolute Gasteiger partial charge is 0.493 e. The van der Waals surface area contributed by atoms with Gasteiger partial charge >= 0.3 is 17.0 Å². The third kappa shape index (κ3) is 6.53. The number of carbonyl (C=O) groups excluding carboxylic acids is 4. The van der Waals surface area contributed by atoms with Crippen molar-refractivity contribution in [2.24, 2.45) is 5.92 Å². The van der Waals surface area contributed by atoms with E-state index in [1.165, 1.54) is 49.6 Å². The van der Waals surface area contributed by atoms with Gasteiger partial charge in [-0.25, -0.2) is 9.69 Å². The van der Waals surface area contributed by atoms with E-state index in [-0.39, 0.29) is 34.2 Å². The highest BCUT2D eigenvalue weighted by Crippen LogP contribution is 2.53. The lowest BCUT2D eigenvalue weighted by atomic mass is 9.83. The number of halogens is 3. The molecule has 0 bridgehead atoms. The number of aromatic nitrogens is 1. The van der Waals surface area contributed by atoms with Gasteiger partial charge < -0.3 is 24.5 Å². The van der Waals surface area contributed by atoms with Gasteiger partial charge in [0.2, 0.25) is 11.8 Å². The fourth-order valence-corrected chi connectivity index (χ4v) is 8.27. The van der Waals surface area contributed by atoms with E-state index in [1.54, 1.807) is 19.1 Å². The van der Waals surface area contributed by atoms with E-state index in [4.69, 9.17) is 14.2 Å². The number of para-hydroxylation sites is 1. The molecule has 4 aromatic rings. The standard InChI is InChI=1S/C33H26F3N3O8S2/c1-3-46-31(43)16-8-11-18(12-9-16)39-29(41)25-24(26-28(38-32(44)49-26)48-27(25)30(39)42)17-10-13-21(22(14-17)45-2)47-15-23(40)37-20-7-5-4-6-19(20)33(34,35)36/h4-14,24-25,27H,3,15H2,1-2H3,(H,37,40)(H,38,44)/t24-,25?,27?/m1/s1. The quantitative estimate of drug-likeness (QED) is 0.171. The zero-order chi connectivity index (χ0) is 35.0. The minimum absolute atomic E-state index is 0.0897. The number of aromatic amines is 1. The van der Waals surface area contributed by atoms with Crippen LogP contribution in [0.15, 0.2) is 76.6 Å². The van der Waals surface area contributed by atoms with E-state index < -0.39 is 64.8 Å². The average molecular weight is 714 g/mol. The summed E-state index contributed by atoms with van der Waals surface area (Å²) in [5.41, 5.74) is -0.386. The molecule has 49 heavy (non-hydrogen) atoms. The highest BCUT2D eigenvalue weighted by atomic mass is 32.2. The molecule has 0 spiro atoms. The Labute approximate surface area is 284 Å². The molecule has 0 saturated carbocycles. The minimum Gasteiger partial charge on any atom is -0.493 e. The van der Waals surface area contributed by atoms with E-state index in [9.17, 15) is 37.1 Å². The van der Waals surface area contributed by atoms with Crippen LogP contribution >= 0.6 is 23.1 Å². The number of thioether (sulfide) groups is 1. The summed E-state index contributed by atoms with van der Waals surface area (Å²) in [5.74, 6) is -3.82. The molecule has 2 aliphatic heterocycles. The van der Waals surface area contributed by atoms with Crippen LogP contribution in [0.4, 0.5) is 24.5 Å². The number of benzene rings is 3. The molecule has 3 amide bonds. The number of anilines is 2. The van der Waals surface area contributed by atoms with Crippen LogP contribution in [0, 0.1) is 5.92 Å². The lowest BCUT2D eigenvalue weighted by molar-refractivity contribution is -0.137. The van der Waals surface area contributed by atoms with Gasteiger partial charge in [-0.1, -0.05) is 41.3 Å². The van der Waals surface area contributed by atoms with E-state index in [1.807, 2.05) is 0 Å². The van der Waals surface area contributed by atoms with Crippen LogP contribution in [0.5, 0.6) is 11.5 Å². The molecular weight excluding hydrogens is 688 g/mol. The van der Waals surface area contributed by atoms with Crippen molar-refractivity contribution >= 4 is 58.2 Å². The first kappa shape index (κ1) is 33.8. The number of amides is 3. The Morgan fingerprint density at radius 3 is 2.41 bits per heavy atom. The van der Waals surface area contributed by atoms with E-state index in [2.05, 4.69) is 10.3 Å². The van der Waals surface area contributed by atoms with Crippen LogP contribution in [-0.4, -0.2) is 54.2 Å². The molecule has 6 rings (SSSR count). The van der Waals surface area contributed by atoms with Gasteiger partial charge in [0.05, 0.1) is 47.2 Å². The smallest absolute Gasteiger partial charge is 0.418 e. The van der Waals surface area contributed by atoms with Crippen molar-refractivity contribution in [2.75, 3.05) is 30.5 Å². The Balaban J connectivity index is 1.26. The number of hydrogen-bond donors (Lipinski definition) is 2. The summed E-state index contributed by atoms with van der Waals surface area (Å²) in [7, 11) is 1.34. The molecule has 3 aromatic carbocycles. The van der Waals surface area contributed by atoms with E-state index in [0.29, 0.717) is 15.5 Å². The third-order valence-corrected chi connectivity index (χ3v) is 10.3. The van der Waals surface area contributed by atoms with Crippen molar-refractivity contribution in [1.82, 2.24) is 4.98 Å². The summed E-state index contributed by atoms with van der Waals surface area (Å²) < 4.78 is 56.2. The number of fused-ring (bicyclic) bond motifs is 2. The summed E-state index contributed by atoms with van der Waals surface area (Å²) in [5, 5.41) is 1.78. The van der Waals surface area contributed by atoms with Crippen molar-refractivity contribution in [3.63, 3.8) is 0 Å². The number of imide groups is 1. The van der Waals surface area contributed by atoms with Crippen molar-refractivity contribution in [3.05, 3.63) is 98.0 Å². The summed E-state index contributed by atoms with van der Waals surface area (Å²) in [6.45, 7) is 1.22. The molecule has 254 valence electrons. The molecule has 2 aliphatic rings. The van der Waals surface area contributed by atoms with Gasteiger partial charge in [-0.05, 0) is 61.0 Å². The lowest BCUT2D eigenvalue weighted by Gasteiger charge is -2.30. The second-order valence-electron chi connectivity index (χ2n) is 10.8. The van der Waals surface area contributed by atoms with Gasteiger partial charge in [-0.15, -0.1) is 0 Å². The number of esters is 1. The topological polar surface area (TPSA) is 144 Å². The number of alkyl halides is 3. The number of H-pyrrole nitrogens is 1. The normalized spacial score (nSPS) is 18.5. The van der Waals surface area contributed by atoms with Crippen LogP contribution < -0.4 is 24.6 Å². The van der Waals surface area contributed by atoms with Crippen LogP contribution in [0.25, 0.3) is 0 Å². The van der Waals surface area contributed by atoms with Crippen molar-refractivity contribution in [2.45, 2.75) is 29.3 Å². The van der Waals surface area contributed by atoms with Gasteiger partial charge in [-0.2, -0.15) is 13.2 Å². The van der Waals surface area contributed by atoms with Crippen LogP contribution in [0.1, 0.15) is 39.2 Å². The first-order valence-corrected chi connectivity index (χ1v) is 16.4. The van der Waals surface area contributed by atoms with Gasteiger partial charge in [0.1, 0.15) is 5.25 Å². The number of nitrogens with zero attached hydrogens (tertiary/aromatic N) is 1. The number of ether oxygens (including phenoxy) is 3. The molecule has 1 saturated heterocycles. The number of rotatable bonds is 9. The SMILES string of the molecule is CCOC(=O)c1ccc(N2C(=O)C3Sc4[nH]c(=O)sc4[C@H](c4ccc(OCC(=O)Nc5ccccc5C(F)(F)F)c(OC)c4)C3C2=O)cc1. The van der Waals surface area contributed by atoms with Crippen LogP contribution in [0.2, 0.25) is 0 Å². The monoisotopic (exact) mass is 713 g/mol. The van der Waals surface area contributed by atoms with Crippen molar-refractivity contribution in [1.29, 1.82) is 0 Å². The summed E-state index contributed by atoms with van der Waals surface area (Å²) in [6, 6.07) is 15.1. The Morgan fingerprint density at radius 1 is 0.980 bits per heavy atom. The fourth-order valence-electron chi connectivity index (χ4n) is 5.76. The predicted molar refractivity (Wildman–Crippen MR) is 173 cm³/mol. The molecule has 1 aromatic heterocycles. The molecule has 11 nitrogen and oxygen atoms in total. The third-order valence-electron chi connectivity index (χ3n) is 7.87. The van der Waals surface area contributed by atoms with Gasteiger partial charge in [-0.3, -0.25) is 19.2 Å². The molecule has 3 atom stereocenters. The summed E-state index contributed by atoms with van der Waals surface area (Å²) in [6.07, 6.45) is -4.68. The Kier molecular flexibility index (Phi) is 9.26. The summed E-state index contributed by atoms with van der Waals surface area (Å²) in [4.78, 5) is 69.0. The number of methoxy groups -OCH3 is 1. The Hall–Kier alpha value is -5.09. The van der Waals surface area contributed by atoms with Gasteiger partial charge in [0, 0.05) is 10.8 Å². The van der Waals surface area contributed by atoms with E-state index >= 15 is 0 Å². The molecule has 0 aliphatic carbocycles. The maximum Gasteiger partial charge on any atom is 0.418 e. The first-order chi connectivity index (χ1) is 23.4. The molecule has 2 N–H and O–H groups in total. The molecule has 0 radical (unpaired) electrons. The zero-order valence-corrected chi connectivity index (χ0v) is 27.3. The van der Waals surface area contributed by atoms with Crippen LogP contribution in [0.3, 0.4) is 0 Å². The minimum atomic E-state index is -4.68. The molecule has 16 heteroatoms. The number of hydrogen-bond acceptors (Lipinski definition) is 10. The first-order valence-electron chi connectivity index (χ1n) is 14.7. The highest BCUT2D eigenvalue weighted by Gasteiger charge is 2.56. The molecule has 1 fully saturated rings. The maximum absolute atomic E-state index is 14.1. The van der Waals surface area contributed by atoms with Gasteiger partial charge in [0.15, 0.2) is 18.1 Å². The fraction of sp³-hybridized carbons (Fsp3) is 0.242.